The number of carbonyl (C=O) groups is 1. The van der Waals surface area contributed by atoms with E-state index >= 15 is 0 Å². The van der Waals surface area contributed by atoms with Crippen LogP contribution in [0.1, 0.15) is 53.9 Å². The first-order chi connectivity index (χ1) is 13.6. The Labute approximate surface area is 173 Å². The molecule has 1 aliphatic rings. The van der Waals surface area contributed by atoms with Crippen LogP contribution >= 0.6 is 11.3 Å². The predicted octanol–water partition coefficient (Wildman–Crippen LogP) is 4.84. The van der Waals surface area contributed by atoms with Gasteiger partial charge in [-0.1, -0.05) is 26.3 Å². The van der Waals surface area contributed by atoms with Gasteiger partial charge in [0.25, 0.3) is 5.91 Å². The van der Waals surface area contributed by atoms with Crippen molar-refractivity contribution in [1.82, 2.24) is 9.80 Å². The maximum Gasteiger partial charge on any atom is 0.253 e. The molecular formula is C23H32N2O2S. The van der Waals surface area contributed by atoms with Crippen molar-refractivity contribution in [3.8, 4) is 5.75 Å². The normalized spacial score (nSPS) is 15.5. The molecule has 0 aliphatic carbocycles. The largest absolute Gasteiger partial charge is 0.490 e. The zero-order valence-corrected chi connectivity index (χ0v) is 18.1. The van der Waals surface area contributed by atoms with E-state index in [-0.39, 0.29) is 12.0 Å². The number of rotatable bonds is 8. The molecule has 1 aliphatic heterocycles. The van der Waals surface area contributed by atoms with Crippen molar-refractivity contribution in [2.45, 2.75) is 52.2 Å². The number of carbonyl (C=O) groups excluding carboxylic acids is 1. The Bertz CT molecular complexity index is 752. The molecule has 152 valence electrons. The Balaban J connectivity index is 1.68. The zero-order chi connectivity index (χ0) is 19.9. The van der Waals surface area contributed by atoms with Gasteiger partial charge in [0.05, 0.1) is 6.54 Å². The highest BCUT2D eigenvalue weighted by Crippen LogP contribution is 2.26. The van der Waals surface area contributed by atoms with E-state index in [4.69, 9.17) is 4.74 Å². The lowest BCUT2D eigenvalue weighted by atomic mass is 10.0. The van der Waals surface area contributed by atoms with Gasteiger partial charge >= 0.3 is 0 Å². The maximum atomic E-state index is 12.9. The Kier molecular flexibility index (Phi) is 7.51. The Morgan fingerprint density at radius 3 is 2.68 bits per heavy atom. The summed E-state index contributed by atoms with van der Waals surface area (Å²) < 4.78 is 6.36. The molecule has 1 aromatic carbocycles. The summed E-state index contributed by atoms with van der Waals surface area (Å²) in [4.78, 5) is 18.3. The minimum Gasteiger partial charge on any atom is -0.490 e. The van der Waals surface area contributed by atoms with Crippen molar-refractivity contribution >= 4 is 17.2 Å². The van der Waals surface area contributed by atoms with Crippen LogP contribution in [0.5, 0.6) is 5.75 Å². The molecule has 0 N–H and O–H groups in total. The summed E-state index contributed by atoms with van der Waals surface area (Å²) in [6.45, 7) is 8.35. The van der Waals surface area contributed by atoms with Crippen LogP contribution in [0.3, 0.4) is 0 Å². The van der Waals surface area contributed by atoms with Crippen molar-refractivity contribution in [2.75, 3.05) is 26.7 Å². The molecule has 0 atom stereocenters. The van der Waals surface area contributed by atoms with Crippen molar-refractivity contribution in [1.29, 1.82) is 0 Å². The smallest absolute Gasteiger partial charge is 0.253 e. The fraction of sp³-hybridized carbons (Fsp3) is 0.522. The standard InChI is InChI=1S/C23H32N2O2S/c1-4-7-18-16-19(23(26)24(3)17-21-8-6-15-28-21)9-10-22(18)27-20-11-13-25(5-2)14-12-20/h6,8-10,15-16,20H,4-5,7,11-14,17H2,1-3H3. The molecule has 3 rings (SSSR count). The van der Waals surface area contributed by atoms with Gasteiger partial charge in [-0.15, -0.1) is 11.3 Å². The molecule has 4 nitrogen and oxygen atoms in total. The van der Waals surface area contributed by atoms with Crippen molar-refractivity contribution < 1.29 is 9.53 Å². The molecule has 1 saturated heterocycles. The summed E-state index contributed by atoms with van der Waals surface area (Å²) in [6, 6.07) is 10.0. The molecule has 0 spiro atoms. The molecule has 28 heavy (non-hydrogen) atoms. The fourth-order valence-corrected chi connectivity index (χ4v) is 4.50. The average Bonchev–Trinajstić information content (AvgIpc) is 3.22. The molecule has 2 heterocycles. The lowest BCUT2D eigenvalue weighted by Crippen LogP contribution is -2.38. The Hall–Kier alpha value is -1.85. The number of thiophene rings is 1. The van der Waals surface area contributed by atoms with Crippen LogP contribution < -0.4 is 4.74 Å². The van der Waals surface area contributed by atoms with Gasteiger partial charge in [0.1, 0.15) is 11.9 Å². The SMILES string of the molecule is CCCc1cc(C(=O)N(C)Cc2cccs2)ccc1OC1CCN(CC)CC1. The Morgan fingerprint density at radius 1 is 1.25 bits per heavy atom. The van der Waals surface area contributed by atoms with Crippen LogP contribution in [-0.2, 0) is 13.0 Å². The number of benzene rings is 1. The molecule has 2 aromatic rings. The van der Waals surface area contributed by atoms with Crippen LogP contribution in [0.15, 0.2) is 35.7 Å². The monoisotopic (exact) mass is 400 g/mol. The predicted molar refractivity (Wildman–Crippen MR) is 116 cm³/mol. The highest BCUT2D eigenvalue weighted by Gasteiger charge is 2.21. The highest BCUT2D eigenvalue weighted by atomic mass is 32.1. The summed E-state index contributed by atoms with van der Waals surface area (Å²) in [7, 11) is 1.87. The molecule has 0 radical (unpaired) electrons. The van der Waals surface area contributed by atoms with Gasteiger partial charge in [0.15, 0.2) is 0 Å². The van der Waals surface area contributed by atoms with Crippen LogP contribution in [0.2, 0.25) is 0 Å². The van der Waals surface area contributed by atoms with E-state index < -0.39 is 0 Å². The van der Waals surface area contributed by atoms with Gasteiger partial charge in [0.2, 0.25) is 0 Å². The highest BCUT2D eigenvalue weighted by molar-refractivity contribution is 7.09. The topological polar surface area (TPSA) is 32.8 Å². The van der Waals surface area contributed by atoms with Crippen LogP contribution in [0.25, 0.3) is 0 Å². The second kappa shape index (κ2) is 10.1. The number of aryl methyl sites for hydroxylation is 1. The summed E-state index contributed by atoms with van der Waals surface area (Å²) in [5, 5.41) is 2.05. The van der Waals surface area contributed by atoms with Gasteiger partial charge < -0.3 is 14.5 Å². The first-order valence-electron chi connectivity index (χ1n) is 10.4. The lowest BCUT2D eigenvalue weighted by Gasteiger charge is -2.31. The van der Waals surface area contributed by atoms with E-state index in [2.05, 4.69) is 24.8 Å². The molecule has 1 aromatic heterocycles. The first-order valence-corrected chi connectivity index (χ1v) is 11.3. The van der Waals surface area contributed by atoms with Gasteiger partial charge in [-0.05, 0) is 61.0 Å². The number of amides is 1. The van der Waals surface area contributed by atoms with Crippen molar-refractivity contribution in [2.24, 2.45) is 0 Å². The molecule has 0 bridgehead atoms. The number of hydrogen-bond donors (Lipinski definition) is 0. The molecule has 0 saturated carbocycles. The van der Waals surface area contributed by atoms with E-state index in [0.29, 0.717) is 6.54 Å². The van der Waals surface area contributed by atoms with Gasteiger partial charge in [-0.25, -0.2) is 0 Å². The van der Waals surface area contributed by atoms with Crippen LogP contribution in [0, 0.1) is 0 Å². The number of piperidine rings is 1. The van der Waals surface area contributed by atoms with Crippen LogP contribution in [0.4, 0.5) is 0 Å². The molecule has 5 heteroatoms. The molecule has 1 amide bonds. The number of hydrogen-bond acceptors (Lipinski definition) is 4. The summed E-state index contributed by atoms with van der Waals surface area (Å²) in [6.07, 6.45) is 4.39. The summed E-state index contributed by atoms with van der Waals surface area (Å²) in [5.74, 6) is 1.02. The molecular weight excluding hydrogens is 368 g/mol. The first kappa shape index (κ1) is 20.9. The minimum absolute atomic E-state index is 0.0635. The van der Waals surface area contributed by atoms with Crippen LogP contribution in [-0.4, -0.2) is 48.5 Å². The van der Waals surface area contributed by atoms with E-state index in [0.717, 1.165) is 62.2 Å². The number of nitrogens with zero attached hydrogens (tertiary/aromatic N) is 2. The van der Waals surface area contributed by atoms with Gasteiger partial charge in [0, 0.05) is 30.6 Å². The third-order valence-electron chi connectivity index (χ3n) is 5.42. The van der Waals surface area contributed by atoms with Crippen molar-refractivity contribution in [3.05, 3.63) is 51.7 Å². The minimum atomic E-state index is 0.0635. The molecule has 1 fully saturated rings. The average molecular weight is 401 g/mol. The second-order valence-corrected chi connectivity index (χ2v) is 8.60. The van der Waals surface area contributed by atoms with E-state index in [1.54, 1.807) is 16.2 Å². The third-order valence-corrected chi connectivity index (χ3v) is 6.28. The van der Waals surface area contributed by atoms with E-state index in [1.165, 1.54) is 4.88 Å². The third kappa shape index (κ3) is 5.36. The fourth-order valence-electron chi connectivity index (χ4n) is 3.74. The lowest BCUT2D eigenvalue weighted by molar-refractivity contribution is 0.0786. The van der Waals surface area contributed by atoms with Gasteiger partial charge in [-0.2, -0.15) is 0 Å². The zero-order valence-electron chi connectivity index (χ0n) is 17.3. The second-order valence-electron chi connectivity index (χ2n) is 7.56. The van der Waals surface area contributed by atoms with Crippen molar-refractivity contribution in [3.63, 3.8) is 0 Å². The summed E-state index contributed by atoms with van der Waals surface area (Å²) >= 11 is 1.68. The summed E-state index contributed by atoms with van der Waals surface area (Å²) in [5.41, 5.74) is 1.89. The number of likely N-dealkylation sites (tertiary alicyclic amines) is 1. The maximum absolute atomic E-state index is 12.9. The number of ether oxygens (including phenoxy) is 1. The van der Waals surface area contributed by atoms with E-state index in [1.807, 2.05) is 36.7 Å². The van der Waals surface area contributed by atoms with E-state index in [9.17, 15) is 4.79 Å². The quantitative estimate of drug-likeness (QED) is 0.636. The van der Waals surface area contributed by atoms with Gasteiger partial charge in [-0.3, -0.25) is 4.79 Å². The molecule has 0 unspecified atom stereocenters. The Morgan fingerprint density at radius 2 is 2.04 bits per heavy atom.